The van der Waals surface area contributed by atoms with E-state index in [1.807, 2.05) is 0 Å². The fourth-order valence-corrected chi connectivity index (χ4v) is 1.58. The fourth-order valence-electron chi connectivity index (χ4n) is 1.58. The number of nitro benzene ring substituents is 1. The summed E-state index contributed by atoms with van der Waals surface area (Å²) in [5.41, 5.74) is 0.117. The van der Waals surface area contributed by atoms with Crippen LogP contribution >= 0.6 is 0 Å². The number of ether oxygens (including phenoxy) is 2. The Labute approximate surface area is 121 Å². The molecule has 21 heavy (non-hydrogen) atoms. The first-order valence-electron chi connectivity index (χ1n) is 6.35. The second-order valence-electron chi connectivity index (χ2n) is 4.19. The van der Waals surface area contributed by atoms with Gasteiger partial charge in [0.1, 0.15) is 5.75 Å². The summed E-state index contributed by atoms with van der Waals surface area (Å²) in [7, 11) is 1.58. The van der Waals surface area contributed by atoms with Gasteiger partial charge in [0.05, 0.1) is 11.5 Å². The van der Waals surface area contributed by atoms with Gasteiger partial charge in [-0.1, -0.05) is 0 Å². The minimum absolute atomic E-state index is 0.143. The number of aliphatic hydroxyl groups excluding tert-OH is 1. The van der Waals surface area contributed by atoms with Crippen molar-refractivity contribution in [1.29, 1.82) is 0 Å². The maximum absolute atomic E-state index is 11.5. The number of aliphatic hydroxyl groups is 1. The highest BCUT2D eigenvalue weighted by atomic mass is 16.6. The molecule has 0 aliphatic heterocycles. The first-order valence-corrected chi connectivity index (χ1v) is 6.35. The number of carbonyl (C=O) groups is 1. The molecule has 0 fully saturated rings. The minimum Gasteiger partial charge on any atom is -0.483 e. The Kier molecular flexibility index (Phi) is 7.13. The SMILES string of the molecule is COCCCNC(=O)COc1ccc([N+](=O)[O-])cc1CO. The molecule has 1 rings (SSSR count). The molecule has 0 heterocycles. The molecular weight excluding hydrogens is 280 g/mol. The summed E-state index contributed by atoms with van der Waals surface area (Å²) in [4.78, 5) is 21.6. The molecule has 1 aromatic carbocycles. The third-order valence-corrected chi connectivity index (χ3v) is 2.63. The summed E-state index contributed by atoms with van der Waals surface area (Å²) in [6.07, 6.45) is 0.696. The van der Waals surface area contributed by atoms with E-state index in [4.69, 9.17) is 9.47 Å². The van der Waals surface area contributed by atoms with Crippen molar-refractivity contribution >= 4 is 11.6 Å². The van der Waals surface area contributed by atoms with Crippen LogP contribution in [-0.4, -0.2) is 42.8 Å². The molecule has 0 bridgehead atoms. The Morgan fingerprint density at radius 1 is 1.48 bits per heavy atom. The lowest BCUT2D eigenvalue weighted by atomic mass is 10.2. The number of benzene rings is 1. The van der Waals surface area contributed by atoms with Crippen LogP contribution in [0.25, 0.3) is 0 Å². The molecule has 0 saturated heterocycles. The standard InChI is InChI=1S/C13H18N2O6/c1-20-6-2-5-14-13(17)9-21-12-4-3-11(15(18)19)7-10(12)8-16/h3-4,7,16H,2,5-6,8-9H2,1H3,(H,14,17). The Bertz CT molecular complexity index is 492. The van der Waals surface area contributed by atoms with Gasteiger partial charge in [0.25, 0.3) is 11.6 Å². The molecule has 0 aliphatic carbocycles. The van der Waals surface area contributed by atoms with Crippen LogP contribution in [0.4, 0.5) is 5.69 Å². The Hall–Kier alpha value is -2.19. The lowest BCUT2D eigenvalue weighted by Crippen LogP contribution is -2.30. The first-order chi connectivity index (χ1) is 10.1. The highest BCUT2D eigenvalue weighted by molar-refractivity contribution is 5.77. The maximum atomic E-state index is 11.5. The lowest BCUT2D eigenvalue weighted by Gasteiger charge is -2.10. The molecule has 0 saturated carbocycles. The largest absolute Gasteiger partial charge is 0.483 e. The Morgan fingerprint density at radius 2 is 2.24 bits per heavy atom. The van der Waals surface area contributed by atoms with Crippen molar-refractivity contribution in [1.82, 2.24) is 5.32 Å². The van der Waals surface area contributed by atoms with Crippen molar-refractivity contribution < 1.29 is 24.3 Å². The van der Waals surface area contributed by atoms with E-state index in [1.54, 1.807) is 7.11 Å². The van der Waals surface area contributed by atoms with Gasteiger partial charge in [0, 0.05) is 38.0 Å². The minimum atomic E-state index is -0.564. The molecule has 0 aliphatic rings. The third-order valence-electron chi connectivity index (χ3n) is 2.63. The average Bonchev–Trinajstić information content (AvgIpc) is 2.49. The molecule has 1 aromatic rings. The number of amides is 1. The monoisotopic (exact) mass is 298 g/mol. The number of hydrogen-bond donors (Lipinski definition) is 2. The van der Waals surface area contributed by atoms with E-state index in [9.17, 15) is 20.0 Å². The lowest BCUT2D eigenvalue weighted by molar-refractivity contribution is -0.385. The van der Waals surface area contributed by atoms with Crippen LogP contribution in [0.1, 0.15) is 12.0 Å². The molecule has 2 N–H and O–H groups in total. The molecule has 0 spiro atoms. The number of rotatable bonds is 9. The predicted octanol–water partition coefficient (Wildman–Crippen LogP) is 0.619. The van der Waals surface area contributed by atoms with Crippen LogP contribution < -0.4 is 10.1 Å². The van der Waals surface area contributed by atoms with E-state index < -0.39 is 11.5 Å². The smallest absolute Gasteiger partial charge is 0.270 e. The van der Waals surface area contributed by atoms with Crippen molar-refractivity contribution in [2.45, 2.75) is 13.0 Å². The van der Waals surface area contributed by atoms with E-state index in [1.165, 1.54) is 18.2 Å². The third kappa shape index (κ3) is 5.76. The molecule has 0 unspecified atom stereocenters. The van der Waals surface area contributed by atoms with Crippen LogP contribution in [0, 0.1) is 10.1 Å². The van der Waals surface area contributed by atoms with E-state index in [-0.39, 0.29) is 29.5 Å². The molecule has 8 heteroatoms. The molecule has 1 amide bonds. The van der Waals surface area contributed by atoms with Gasteiger partial charge < -0.3 is 19.9 Å². The molecule has 8 nitrogen and oxygen atoms in total. The van der Waals surface area contributed by atoms with Crippen molar-refractivity contribution in [2.24, 2.45) is 0 Å². The van der Waals surface area contributed by atoms with Crippen molar-refractivity contribution in [3.63, 3.8) is 0 Å². The van der Waals surface area contributed by atoms with Gasteiger partial charge in [-0.15, -0.1) is 0 Å². The maximum Gasteiger partial charge on any atom is 0.270 e. The van der Waals surface area contributed by atoms with Crippen molar-refractivity contribution in [3.05, 3.63) is 33.9 Å². The zero-order valence-electron chi connectivity index (χ0n) is 11.7. The zero-order chi connectivity index (χ0) is 15.7. The number of hydrogen-bond acceptors (Lipinski definition) is 6. The van der Waals surface area contributed by atoms with Gasteiger partial charge in [-0.25, -0.2) is 0 Å². The molecular formula is C13H18N2O6. The summed E-state index contributed by atoms with van der Waals surface area (Å²) in [6, 6.07) is 3.83. The highest BCUT2D eigenvalue weighted by Gasteiger charge is 2.12. The zero-order valence-corrected chi connectivity index (χ0v) is 11.7. The Morgan fingerprint density at radius 3 is 2.86 bits per heavy atom. The van der Waals surface area contributed by atoms with Gasteiger partial charge >= 0.3 is 0 Å². The molecule has 0 atom stereocenters. The van der Waals surface area contributed by atoms with Gasteiger partial charge in [-0.3, -0.25) is 14.9 Å². The predicted molar refractivity (Wildman–Crippen MR) is 74.0 cm³/mol. The number of non-ortho nitro benzene ring substituents is 1. The quantitative estimate of drug-likeness (QED) is 0.393. The topological polar surface area (TPSA) is 111 Å². The van der Waals surface area contributed by atoms with E-state index in [0.29, 0.717) is 19.6 Å². The molecule has 116 valence electrons. The van der Waals surface area contributed by atoms with E-state index >= 15 is 0 Å². The van der Waals surface area contributed by atoms with Crippen molar-refractivity contribution in [3.8, 4) is 5.75 Å². The van der Waals surface area contributed by atoms with Crippen LogP contribution in [0.15, 0.2) is 18.2 Å². The summed E-state index contributed by atoms with van der Waals surface area (Å²) in [5.74, 6) is -0.0662. The number of methoxy groups -OCH3 is 1. The van der Waals surface area contributed by atoms with Gasteiger partial charge in [-0.05, 0) is 12.5 Å². The second kappa shape index (κ2) is 8.88. The van der Waals surface area contributed by atoms with E-state index in [0.717, 1.165) is 0 Å². The van der Waals surface area contributed by atoms with E-state index in [2.05, 4.69) is 5.32 Å². The fraction of sp³-hybridized carbons (Fsp3) is 0.462. The number of nitrogens with one attached hydrogen (secondary N) is 1. The first kappa shape index (κ1) is 16.9. The van der Waals surface area contributed by atoms with Gasteiger partial charge in [0.2, 0.25) is 0 Å². The summed E-state index contributed by atoms with van der Waals surface area (Å²) in [5, 5.41) is 22.4. The second-order valence-corrected chi connectivity index (χ2v) is 4.19. The molecule has 0 aromatic heterocycles. The number of carbonyl (C=O) groups excluding carboxylic acids is 1. The summed E-state index contributed by atoms with van der Waals surface area (Å²) in [6.45, 7) is 0.394. The molecule has 0 radical (unpaired) electrons. The van der Waals surface area contributed by atoms with Crippen molar-refractivity contribution in [2.75, 3.05) is 26.9 Å². The Balaban J connectivity index is 2.51. The number of nitro groups is 1. The van der Waals surface area contributed by atoms with Crippen LogP contribution in [0.5, 0.6) is 5.75 Å². The summed E-state index contributed by atoms with van der Waals surface area (Å²) >= 11 is 0. The average molecular weight is 298 g/mol. The van der Waals surface area contributed by atoms with Crippen LogP contribution in [0.3, 0.4) is 0 Å². The summed E-state index contributed by atoms with van der Waals surface area (Å²) < 4.78 is 10.1. The van der Waals surface area contributed by atoms with Gasteiger partial charge in [-0.2, -0.15) is 0 Å². The normalized spacial score (nSPS) is 10.2. The van der Waals surface area contributed by atoms with Crippen LogP contribution in [-0.2, 0) is 16.1 Å². The highest BCUT2D eigenvalue weighted by Crippen LogP contribution is 2.24. The van der Waals surface area contributed by atoms with Crippen LogP contribution in [0.2, 0.25) is 0 Å². The number of nitrogens with zero attached hydrogens (tertiary/aromatic N) is 1. The van der Waals surface area contributed by atoms with Gasteiger partial charge in [0.15, 0.2) is 6.61 Å².